The number of rotatable bonds is 9. The maximum atomic E-state index is 6.36. The number of ether oxygens (including phenoxy) is 1. The molecule has 2 aromatic carbocycles. The van der Waals surface area contributed by atoms with Crippen molar-refractivity contribution < 1.29 is 9.22 Å². The number of nitrogens with zero attached hydrogens (tertiary/aromatic N) is 1. The average Bonchev–Trinajstić information content (AvgIpc) is 2.64. The van der Waals surface area contributed by atoms with E-state index in [2.05, 4.69) is 81.4 Å². The van der Waals surface area contributed by atoms with E-state index >= 15 is 0 Å². The van der Waals surface area contributed by atoms with Gasteiger partial charge in [-0.3, -0.25) is 0 Å². The van der Waals surface area contributed by atoms with Crippen molar-refractivity contribution in [2.45, 2.75) is 26.9 Å². The average molecular weight is 312 g/mol. The minimum Gasteiger partial charge on any atom is -0.363 e. The van der Waals surface area contributed by atoms with Gasteiger partial charge in [-0.2, -0.15) is 0 Å². The topological polar surface area (TPSA) is 9.23 Å². The fourth-order valence-corrected chi connectivity index (χ4v) is 3.15. The first-order chi connectivity index (χ1) is 11.2. The molecule has 2 nitrogen and oxygen atoms in total. The third kappa shape index (κ3) is 4.66. The summed E-state index contributed by atoms with van der Waals surface area (Å²) < 4.78 is 7.48. The summed E-state index contributed by atoms with van der Waals surface area (Å²) in [7, 11) is 0. The van der Waals surface area contributed by atoms with E-state index < -0.39 is 0 Å². The van der Waals surface area contributed by atoms with Crippen molar-refractivity contribution in [3.8, 4) is 0 Å². The lowest BCUT2D eigenvalue weighted by Gasteiger charge is -2.36. The number of quaternary nitrogens is 1. The van der Waals surface area contributed by atoms with E-state index in [-0.39, 0.29) is 6.10 Å². The predicted octanol–water partition coefficient (Wildman–Crippen LogP) is 4.67. The number of benzene rings is 2. The summed E-state index contributed by atoms with van der Waals surface area (Å²) in [6.07, 6.45) is 0.0184. The van der Waals surface area contributed by atoms with Crippen molar-refractivity contribution in [2.75, 3.05) is 32.8 Å². The van der Waals surface area contributed by atoms with Gasteiger partial charge in [-0.15, -0.1) is 0 Å². The van der Waals surface area contributed by atoms with Gasteiger partial charge >= 0.3 is 0 Å². The van der Waals surface area contributed by atoms with E-state index in [4.69, 9.17) is 4.74 Å². The molecule has 0 bridgehead atoms. The number of likely N-dealkylation sites (N-methyl/N-ethyl adjacent to an activating group) is 1. The van der Waals surface area contributed by atoms with E-state index in [9.17, 15) is 0 Å². The maximum Gasteiger partial charge on any atom is 0.108 e. The molecular formula is C21H30NO+. The monoisotopic (exact) mass is 312 g/mol. The Kier molecular flexibility index (Phi) is 6.82. The molecule has 124 valence electrons. The molecular weight excluding hydrogens is 282 g/mol. The zero-order valence-corrected chi connectivity index (χ0v) is 14.7. The van der Waals surface area contributed by atoms with Crippen LogP contribution >= 0.6 is 0 Å². The molecule has 2 rings (SSSR count). The molecule has 0 unspecified atom stereocenters. The van der Waals surface area contributed by atoms with Crippen molar-refractivity contribution >= 4 is 0 Å². The number of hydrogen-bond acceptors (Lipinski definition) is 1. The molecule has 0 aromatic heterocycles. The quantitative estimate of drug-likeness (QED) is 0.611. The fourth-order valence-electron chi connectivity index (χ4n) is 3.15. The Morgan fingerprint density at radius 3 is 1.57 bits per heavy atom. The molecule has 0 spiro atoms. The second-order valence-electron chi connectivity index (χ2n) is 6.09. The molecule has 0 aliphatic rings. The molecule has 0 heterocycles. The molecule has 0 saturated carbocycles. The standard InChI is InChI=1S/C21H30NO/c1-4-22(5-2,6-3)17-18-23-21(19-13-9-7-10-14-19)20-15-11-8-12-16-20/h7-16,21H,4-6,17-18H2,1-3H3/q+1. The molecule has 0 radical (unpaired) electrons. The van der Waals surface area contributed by atoms with Gasteiger partial charge in [0.1, 0.15) is 12.6 Å². The van der Waals surface area contributed by atoms with Gasteiger partial charge < -0.3 is 9.22 Å². The van der Waals surface area contributed by atoms with Crippen LogP contribution in [0.1, 0.15) is 38.0 Å². The number of hydrogen-bond donors (Lipinski definition) is 0. The van der Waals surface area contributed by atoms with Crippen LogP contribution in [0.25, 0.3) is 0 Å². The van der Waals surface area contributed by atoms with Crippen molar-refractivity contribution in [1.82, 2.24) is 0 Å². The van der Waals surface area contributed by atoms with E-state index in [1.54, 1.807) is 0 Å². The molecule has 2 heteroatoms. The van der Waals surface area contributed by atoms with E-state index in [0.29, 0.717) is 0 Å². The summed E-state index contributed by atoms with van der Waals surface area (Å²) in [5.41, 5.74) is 2.45. The predicted molar refractivity (Wildman–Crippen MR) is 97.4 cm³/mol. The Morgan fingerprint density at radius 1 is 0.739 bits per heavy atom. The molecule has 0 saturated heterocycles. The molecule has 0 atom stereocenters. The Morgan fingerprint density at radius 2 is 1.17 bits per heavy atom. The summed E-state index contributed by atoms with van der Waals surface area (Å²) in [5, 5.41) is 0. The summed E-state index contributed by atoms with van der Waals surface area (Å²) >= 11 is 0. The Balaban J connectivity index is 2.11. The summed E-state index contributed by atoms with van der Waals surface area (Å²) in [6.45, 7) is 12.2. The zero-order chi connectivity index (χ0) is 16.5. The lowest BCUT2D eigenvalue weighted by Crippen LogP contribution is -2.49. The van der Waals surface area contributed by atoms with Gasteiger partial charge in [0.05, 0.1) is 26.2 Å². The molecule has 0 fully saturated rings. The first-order valence-electron chi connectivity index (χ1n) is 8.81. The Hall–Kier alpha value is -1.64. The van der Waals surface area contributed by atoms with Crippen molar-refractivity contribution in [3.63, 3.8) is 0 Å². The van der Waals surface area contributed by atoms with E-state index in [1.807, 2.05) is 0 Å². The van der Waals surface area contributed by atoms with E-state index in [1.165, 1.54) is 11.1 Å². The molecule has 0 amide bonds. The molecule has 0 N–H and O–H groups in total. The van der Waals surface area contributed by atoms with Crippen molar-refractivity contribution in [2.24, 2.45) is 0 Å². The second-order valence-corrected chi connectivity index (χ2v) is 6.09. The first kappa shape index (κ1) is 17.7. The van der Waals surface area contributed by atoms with Crippen LogP contribution in [0, 0.1) is 0 Å². The Labute approximate surface area is 141 Å². The van der Waals surface area contributed by atoms with Gasteiger partial charge in [-0.25, -0.2) is 0 Å². The van der Waals surface area contributed by atoms with Crippen LogP contribution in [0.2, 0.25) is 0 Å². The Bertz CT molecular complexity index is 501. The van der Waals surface area contributed by atoms with E-state index in [0.717, 1.165) is 37.3 Å². The summed E-state index contributed by atoms with van der Waals surface area (Å²) in [5.74, 6) is 0. The second kappa shape index (κ2) is 8.85. The van der Waals surface area contributed by atoms with Crippen LogP contribution in [0.5, 0.6) is 0 Å². The summed E-state index contributed by atoms with van der Waals surface area (Å²) in [4.78, 5) is 0. The van der Waals surface area contributed by atoms with Gasteiger partial charge in [0, 0.05) is 0 Å². The van der Waals surface area contributed by atoms with Gasteiger partial charge in [0.25, 0.3) is 0 Å². The zero-order valence-electron chi connectivity index (χ0n) is 14.7. The first-order valence-corrected chi connectivity index (χ1v) is 8.81. The highest BCUT2D eigenvalue weighted by molar-refractivity contribution is 5.29. The van der Waals surface area contributed by atoms with Gasteiger partial charge in [-0.05, 0) is 31.9 Å². The van der Waals surface area contributed by atoms with Crippen LogP contribution < -0.4 is 0 Å². The lowest BCUT2D eigenvalue weighted by molar-refractivity contribution is -0.923. The third-order valence-corrected chi connectivity index (χ3v) is 5.07. The lowest BCUT2D eigenvalue weighted by atomic mass is 10.0. The van der Waals surface area contributed by atoms with Crippen molar-refractivity contribution in [3.05, 3.63) is 71.8 Å². The van der Waals surface area contributed by atoms with Gasteiger partial charge in [-0.1, -0.05) is 60.7 Å². The molecule has 0 aliphatic heterocycles. The highest BCUT2D eigenvalue weighted by Gasteiger charge is 2.22. The van der Waals surface area contributed by atoms with Gasteiger partial charge in [0.2, 0.25) is 0 Å². The largest absolute Gasteiger partial charge is 0.363 e. The van der Waals surface area contributed by atoms with Crippen LogP contribution in [-0.4, -0.2) is 37.3 Å². The highest BCUT2D eigenvalue weighted by Crippen LogP contribution is 2.25. The van der Waals surface area contributed by atoms with Crippen LogP contribution in [0.15, 0.2) is 60.7 Å². The molecule has 2 aromatic rings. The minimum atomic E-state index is 0.0184. The van der Waals surface area contributed by atoms with Crippen LogP contribution in [0.4, 0.5) is 0 Å². The normalized spacial score (nSPS) is 11.8. The summed E-state index contributed by atoms with van der Waals surface area (Å²) in [6, 6.07) is 21.0. The maximum absolute atomic E-state index is 6.36. The fraction of sp³-hybridized carbons (Fsp3) is 0.429. The van der Waals surface area contributed by atoms with Crippen molar-refractivity contribution in [1.29, 1.82) is 0 Å². The third-order valence-electron chi connectivity index (χ3n) is 5.07. The SMILES string of the molecule is CC[N+](CC)(CC)CCOC(c1ccccc1)c1ccccc1. The minimum absolute atomic E-state index is 0.0184. The van der Waals surface area contributed by atoms with Gasteiger partial charge in [0.15, 0.2) is 0 Å². The molecule has 23 heavy (non-hydrogen) atoms. The smallest absolute Gasteiger partial charge is 0.108 e. The molecule has 0 aliphatic carbocycles. The highest BCUT2D eigenvalue weighted by atomic mass is 16.5. The van der Waals surface area contributed by atoms with Crippen LogP contribution in [-0.2, 0) is 4.74 Å². The van der Waals surface area contributed by atoms with Crippen LogP contribution in [0.3, 0.4) is 0 Å².